The average Bonchev–Trinajstić information content (AvgIpc) is 0.811. The first-order valence-electron chi connectivity index (χ1n) is 0.651. The van der Waals surface area contributed by atoms with E-state index in [9.17, 15) is 0 Å². The van der Waals surface area contributed by atoms with Gasteiger partial charge in [-0.25, -0.2) is 0 Å². The third kappa shape index (κ3) is 54.7. The van der Waals surface area contributed by atoms with Gasteiger partial charge in [0, 0.05) is 0 Å². The molecule has 0 aromatic carbocycles. The summed E-state index contributed by atoms with van der Waals surface area (Å²) in [6.07, 6.45) is 0. The largest absolute Gasteiger partial charge is 3.00 e. The molecule has 0 aliphatic rings. The Hall–Kier alpha value is 1.37. The zero-order chi connectivity index (χ0) is 3.58. The first-order chi connectivity index (χ1) is 1.73. The van der Waals surface area contributed by atoms with Crippen LogP contribution in [0.25, 0.3) is 0 Å². The molecule has 0 unspecified atom stereocenters. The van der Waals surface area contributed by atoms with Crippen LogP contribution in [0.1, 0.15) is 0 Å². The predicted molar refractivity (Wildman–Crippen MR) is 26.1 cm³/mol. The monoisotopic (exact) mass is 243 g/mol. The average molecular weight is 241 g/mol. The van der Waals surface area contributed by atoms with E-state index in [-0.39, 0.29) is 33.6 Å². The zero-order valence-electron chi connectivity index (χ0n) is 2.66. The van der Waals surface area contributed by atoms with Crippen LogP contribution in [0.2, 0.25) is 0 Å². The molecule has 0 saturated carbocycles. The number of rotatable bonds is 0. The Morgan fingerprint density at radius 1 is 1.33 bits per heavy atom. The van der Waals surface area contributed by atoms with Crippen molar-refractivity contribution in [1.29, 1.82) is 0 Å². The van der Waals surface area contributed by atoms with E-state index in [1.54, 1.807) is 0 Å². The van der Waals surface area contributed by atoms with Crippen LogP contribution < -0.4 is 0 Å². The molecule has 6 radical (unpaired) electrons. The molecule has 0 aromatic heterocycles. The van der Waals surface area contributed by atoms with Crippen molar-refractivity contribution in [1.82, 2.24) is 0 Å². The van der Waals surface area contributed by atoms with Gasteiger partial charge >= 0.3 is 41.8 Å². The van der Waals surface area contributed by atoms with Crippen LogP contribution in [0.5, 0.6) is 0 Å². The Labute approximate surface area is 56.4 Å². The summed E-state index contributed by atoms with van der Waals surface area (Å²) in [6, 6.07) is 0. The summed E-state index contributed by atoms with van der Waals surface area (Å²) >= 11 is 0. The van der Waals surface area contributed by atoms with Gasteiger partial charge in [-0.2, -0.15) is 0 Å². The quantitative estimate of drug-likeness (QED) is 0.457. The first-order valence-corrected chi connectivity index (χ1v) is 1.95. The SMILES string of the molecule is O=[PH](O)O.[P+3].[Te+2]. The molecule has 0 spiro atoms. The fourth-order valence-corrected chi connectivity index (χ4v) is 0. The molecular formula is H3O3P2Te+5. The molecule has 0 amide bonds. The first kappa shape index (κ1) is 15.7. The summed E-state index contributed by atoms with van der Waals surface area (Å²) in [4.78, 5) is 14.3. The van der Waals surface area contributed by atoms with Gasteiger partial charge in [0.05, 0.1) is 0 Å². The molecule has 6 heteroatoms. The van der Waals surface area contributed by atoms with E-state index in [1.165, 1.54) is 0 Å². The van der Waals surface area contributed by atoms with Gasteiger partial charge in [0.15, 0.2) is 0 Å². The minimum Gasteiger partial charge on any atom is -0.326 e. The van der Waals surface area contributed by atoms with Crippen molar-refractivity contribution in [3.05, 3.63) is 0 Å². The molecule has 0 atom stereocenters. The Balaban J connectivity index is -0.0000000450. The molecule has 6 heavy (non-hydrogen) atoms. The Morgan fingerprint density at radius 3 is 1.33 bits per heavy atom. The molecule has 0 saturated heterocycles. The van der Waals surface area contributed by atoms with Crippen LogP contribution in [0.15, 0.2) is 0 Å². The van der Waals surface area contributed by atoms with E-state index in [0.29, 0.717) is 0 Å². The van der Waals surface area contributed by atoms with Gasteiger partial charge in [-0.1, -0.05) is 0 Å². The van der Waals surface area contributed by atoms with Crippen LogP contribution >= 0.6 is 18.2 Å². The third-order valence-electron chi connectivity index (χ3n) is 0. The van der Waals surface area contributed by atoms with Gasteiger partial charge < -0.3 is 9.79 Å². The smallest absolute Gasteiger partial charge is 0.326 e. The van der Waals surface area contributed by atoms with Crippen molar-refractivity contribution < 1.29 is 14.4 Å². The second kappa shape index (κ2) is 9.62. The maximum Gasteiger partial charge on any atom is 3.00 e. The van der Waals surface area contributed by atoms with E-state index >= 15 is 0 Å². The van der Waals surface area contributed by atoms with Crippen molar-refractivity contribution in [2.75, 3.05) is 0 Å². The van der Waals surface area contributed by atoms with Crippen molar-refractivity contribution in [2.24, 2.45) is 0 Å². The topological polar surface area (TPSA) is 57.5 Å². The second-order valence-electron chi connectivity index (χ2n) is 0.283. The molecule has 0 heterocycles. The van der Waals surface area contributed by atoms with E-state index in [0.717, 1.165) is 0 Å². The van der Waals surface area contributed by atoms with Crippen LogP contribution in [0, 0.1) is 0 Å². The van der Waals surface area contributed by atoms with Crippen LogP contribution in [-0.2, 0) is 4.57 Å². The van der Waals surface area contributed by atoms with Crippen LogP contribution in [0.4, 0.5) is 0 Å². The Bertz CT molecular complexity index is 31.8. The van der Waals surface area contributed by atoms with Gasteiger partial charge in [-0.05, 0) is 0 Å². The molecule has 0 rings (SSSR count). The van der Waals surface area contributed by atoms with E-state index in [2.05, 4.69) is 0 Å². The summed E-state index contributed by atoms with van der Waals surface area (Å²) in [5, 5.41) is 0. The number of hydrogen-bond donors (Lipinski definition) is 2. The molecular weight excluding hydrogens is 238 g/mol. The molecule has 0 aliphatic carbocycles. The summed E-state index contributed by atoms with van der Waals surface area (Å²) in [6.45, 7) is 0. The van der Waals surface area contributed by atoms with Gasteiger partial charge in [0.25, 0.3) is 0 Å². The summed E-state index contributed by atoms with van der Waals surface area (Å²) < 4.78 is 8.74. The molecule has 2 N–H and O–H groups in total. The van der Waals surface area contributed by atoms with Crippen molar-refractivity contribution in [3.8, 4) is 0 Å². The van der Waals surface area contributed by atoms with E-state index < -0.39 is 8.25 Å². The normalized spacial score (nSPS) is 5.83. The maximum atomic E-state index is 8.74. The summed E-state index contributed by atoms with van der Waals surface area (Å²) in [5.74, 6) is 0. The van der Waals surface area contributed by atoms with Crippen molar-refractivity contribution >= 4 is 41.8 Å². The summed E-state index contributed by atoms with van der Waals surface area (Å²) in [5.41, 5.74) is 0. The molecule has 0 aromatic rings. The molecule has 0 bridgehead atoms. The van der Waals surface area contributed by atoms with Crippen molar-refractivity contribution in [3.63, 3.8) is 0 Å². The Morgan fingerprint density at radius 2 is 1.33 bits per heavy atom. The van der Waals surface area contributed by atoms with Gasteiger partial charge in [0.2, 0.25) is 0 Å². The third-order valence-corrected chi connectivity index (χ3v) is 0. The van der Waals surface area contributed by atoms with Crippen LogP contribution in [0.3, 0.4) is 0 Å². The van der Waals surface area contributed by atoms with Crippen LogP contribution in [-0.4, -0.2) is 33.5 Å². The Kier molecular flexibility index (Phi) is 25.1. The molecule has 0 aliphatic heterocycles. The molecule has 0 fully saturated rings. The van der Waals surface area contributed by atoms with Gasteiger partial charge in [-0.3, -0.25) is 4.57 Å². The molecule has 32 valence electrons. The molecule has 3 nitrogen and oxygen atoms in total. The standard InChI is InChI=1S/H3O3P.P.Te/c1-4(2)3;;/h4H,(H2,1,2,3);;/q;+3;+2. The van der Waals surface area contributed by atoms with Crippen molar-refractivity contribution in [2.45, 2.75) is 0 Å². The van der Waals surface area contributed by atoms with Gasteiger partial charge in [-0.15, -0.1) is 0 Å². The second-order valence-corrected chi connectivity index (χ2v) is 0.848. The predicted octanol–water partition coefficient (Wildman–Crippen LogP) is -0.159. The van der Waals surface area contributed by atoms with Gasteiger partial charge in [0.1, 0.15) is 0 Å². The minimum atomic E-state index is -3.13. The van der Waals surface area contributed by atoms with E-state index in [4.69, 9.17) is 14.4 Å². The minimum absolute atomic E-state index is 0. The fraction of sp³-hybridized carbons (Fsp3) is 0. The fourth-order valence-electron chi connectivity index (χ4n) is 0. The zero-order valence-corrected chi connectivity index (χ0v) is 6.88. The van der Waals surface area contributed by atoms with E-state index in [1.807, 2.05) is 0 Å². The summed E-state index contributed by atoms with van der Waals surface area (Å²) in [7, 11) is -3.13. The maximum absolute atomic E-state index is 8.74. The number of hydrogen-bond acceptors (Lipinski definition) is 1.